The molecule has 0 radical (unpaired) electrons. The van der Waals surface area contributed by atoms with Crippen molar-refractivity contribution in [3.8, 4) is 17.5 Å². The van der Waals surface area contributed by atoms with E-state index in [1.807, 2.05) is 24.3 Å². The van der Waals surface area contributed by atoms with E-state index in [2.05, 4.69) is 15.3 Å². The summed E-state index contributed by atoms with van der Waals surface area (Å²) in [7, 11) is 0. The quantitative estimate of drug-likeness (QED) is 0.793. The molecule has 1 aromatic heterocycles. The molecule has 1 aliphatic heterocycles. The lowest BCUT2D eigenvalue weighted by Crippen LogP contribution is -2.31. The topological polar surface area (TPSA) is 73.3 Å². The minimum atomic E-state index is -0.528. The number of hydrogen-bond donors (Lipinski definition) is 1. The molecular formula is C19H15N3O3. The number of amides is 1. The summed E-state index contributed by atoms with van der Waals surface area (Å²) in [6.45, 7) is 0. The van der Waals surface area contributed by atoms with Crippen LogP contribution in [0.3, 0.4) is 0 Å². The Bertz CT molecular complexity index is 874. The fourth-order valence-electron chi connectivity index (χ4n) is 2.63. The van der Waals surface area contributed by atoms with E-state index in [0.29, 0.717) is 17.9 Å². The molecule has 2 heterocycles. The Morgan fingerprint density at radius 1 is 1.08 bits per heavy atom. The van der Waals surface area contributed by atoms with Gasteiger partial charge in [-0.2, -0.15) is 0 Å². The molecule has 1 amide bonds. The first-order valence-corrected chi connectivity index (χ1v) is 7.88. The number of carbonyl (C=O) groups is 1. The number of fused-ring (bicyclic) bond motifs is 1. The summed E-state index contributed by atoms with van der Waals surface area (Å²) < 4.78 is 11.3. The van der Waals surface area contributed by atoms with Crippen molar-refractivity contribution in [1.82, 2.24) is 9.97 Å². The van der Waals surface area contributed by atoms with Crippen LogP contribution in [0.15, 0.2) is 67.0 Å². The number of benzene rings is 2. The fourth-order valence-corrected chi connectivity index (χ4v) is 2.63. The monoisotopic (exact) mass is 333 g/mol. The molecule has 6 heteroatoms. The van der Waals surface area contributed by atoms with Gasteiger partial charge in [0.1, 0.15) is 11.5 Å². The Balaban J connectivity index is 1.43. The number of anilines is 1. The second-order valence-corrected chi connectivity index (χ2v) is 5.57. The van der Waals surface area contributed by atoms with Crippen molar-refractivity contribution in [3.63, 3.8) is 0 Å². The summed E-state index contributed by atoms with van der Waals surface area (Å²) >= 11 is 0. The van der Waals surface area contributed by atoms with E-state index in [1.54, 1.807) is 42.7 Å². The summed E-state index contributed by atoms with van der Waals surface area (Å²) in [6.07, 6.45) is 3.24. The van der Waals surface area contributed by atoms with Gasteiger partial charge in [0.2, 0.25) is 0 Å². The number of nitrogens with one attached hydrogen (secondary N) is 1. The Morgan fingerprint density at radius 2 is 1.92 bits per heavy atom. The third-order valence-electron chi connectivity index (χ3n) is 3.79. The smallest absolute Gasteiger partial charge is 0.321 e. The van der Waals surface area contributed by atoms with E-state index < -0.39 is 6.10 Å². The summed E-state index contributed by atoms with van der Waals surface area (Å²) in [4.78, 5) is 20.5. The van der Waals surface area contributed by atoms with E-state index in [1.165, 1.54) is 0 Å². The van der Waals surface area contributed by atoms with Gasteiger partial charge in [-0.3, -0.25) is 4.79 Å². The first-order chi connectivity index (χ1) is 12.3. The van der Waals surface area contributed by atoms with Crippen molar-refractivity contribution in [3.05, 3.63) is 72.6 Å². The predicted molar refractivity (Wildman–Crippen MR) is 91.7 cm³/mol. The zero-order valence-corrected chi connectivity index (χ0v) is 13.3. The summed E-state index contributed by atoms with van der Waals surface area (Å²) in [6, 6.07) is 16.7. The highest BCUT2D eigenvalue weighted by molar-refractivity contribution is 5.95. The molecule has 0 spiro atoms. The van der Waals surface area contributed by atoms with Crippen molar-refractivity contribution >= 4 is 11.6 Å². The second kappa shape index (κ2) is 6.60. The Hall–Kier alpha value is -3.41. The van der Waals surface area contributed by atoms with Crippen molar-refractivity contribution in [2.24, 2.45) is 0 Å². The molecule has 0 unspecified atom stereocenters. The van der Waals surface area contributed by atoms with Crippen molar-refractivity contribution in [2.45, 2.75) is 12.5 Å². The van der Waals surface area contributed by atoms with E-state index in [9.17, 15) is 4.79 Å². The summed E-state index contributed by atoms with van der Waals surface area (Å²) in [5.41, 5.74) is 1.67. The number of ether oxygens (including phenoxy) is 2. The van der Waals surface area contributed by atoms with Crippen LogP contribution < -0.4 is 14.8 Å². The van der Waals surface area contributed by atoms with Gasteiger partial charge < -0.3 is 14.8 Å². The normalized spacial score (nSPS) is 15.1. The molecule has 124 valence electrons. The van der Waals surface area contributed by atoms with E-state index in [0.717, 1.165) is 11.3 Å². The fraction of sp³-hybridized carbons (Fsp3) is 0.105. The lowest BCUT2D eigenvalue weighted by atomic mass is 10.1. The van der Waals surface area contributed by atoms with Crippen LogP contribution in [0, 0.1) is 0 Å². The maximum Gasteiger partial charge on any atom is 0.321 e. The number of nitrogens with zero attached hydrogens (tertiary/aromatic N) is 2. The first kappa shape index (κ1) is 15.1. The first-order valence-electron chi connectivity index (χ1n) is 7.88. The van der Waals surface area contributed by atoms with Gasteiger partial charge in [-0.05, 0) is 29.8 Å². The Morgan fingerprint density at radius 3 is 2.76 bits per heavy atom. The Labute approximate surface area is 144 Å². The van der Waals surface area contributed by atoms with Crippen LogP contribution in [0.25, 0.3) is 0 Å². The third-order valence-corrected chi connectivity index (χ3v) is 3.79. The van der Waals surface area contributed by atoms with Crippen LogP contribution in [0.1, 0.15) is 5.56 Å². The average Bonchev–Trinajstić information content (AvgIpc) is 3.07. The number of para-hydroxylation sites is 1. The lowest BCUT2D eigenvalue weighted by molar-refractivity contribution is -0.122. The molecule has 0 fully saturated rings. The zero-order valence-electron chi connectivity index (χ0n) is 13.3. The maximum atomic E-state index is 12.5. The van der Waals surface area contributed by atoms with Gasteiger partial charge in [0.15, 0.2) is 6.10 Å². The van der Waals surface area contributed by atoms with Gasteiger partial charge in [0.05, 0.1) is 0 Å². The lowest BCUT2D eigenvalue weighted by Gasteiger charge is -2.12. The van der Waals surface area contributed by atoms with Crippen molar-refractivity contribution in [2.75, 3.05) is 5.32 Å². The SMILES string of the molecule is O=C(Nc1cccc(Oc2ncccn2)c1)[C@H]1Cc2ccccc2O1. The molecule has 2 aromatic carbocycles. The van der Waals surface area contributed by atoms with Gasteiger partial charge in [-0.1, -0.05) is 24.3 Å². The van der Waals surface area contributed by atoms with Crippen LogP contribution in [-0.4, -0.2) is 22.0 Å². The van der Waals surface area contributed by atoms with Crippen LogP contribution in [0.2, 0.25) is 0 Å². The van der Waals surface area contributed by atoms with Gasteiger partial charge in [-0.25, -0.2) is 9.97 Å². The van der Waals surface area contributed by atoms with Gasteiger partial charge in [-0.15, -0.1) is 0 Å². The van der Waals surface area contributed by atoms with E-state index in [-0.39, 0.29) is 11.9 Å². The van der Waals surface area contributed by atoms with Crippen LogP contribution >= 0.6 is 0 Å². The van der Waals surface area contributed by atoms with Crippen molar-refractivity contribution in [1.29, 1.82) is 0 Å². The highest BCUT2D eigenvalue weighted by Gasteiger charge is 2.28. The minimum Gasteiger partial charge on any atom is -0.480 e. The summed E-state index contributed by atoms with van der Waals surface area (Å²) in [5.74, 6) is 1.12. The molecule has 6 nitrogen and oxygen atoms in total. The molecule has 25 heavy (non-hydrogen) atoms. The average molecular weight is 333 g/mol. The number of hydrogen-bond acceptors (Lipinski definition) is 5. The minimum absolute atomic E-state index is 0.190. The van der Waals surface area contributed by atoms with E-state index in [4.69, 9.17) is 9.47 Å². The third kappa shape index (κ3) is 3.42. The van der Waals surface area contributed by atoms with Gasteiger partial charge >= 0.3 is 6.01 Å². The zero-order chi connectivity index (χ0) is 17.1. The Kier molecular flexibility index (Phi) is 4.00. The number of rotatable bonds is 4. The maximum absolute atomic E-state index is 12.5. The number of carbonyl (C=O) groups excluding carboxylic acids is 1. The molecule has 0 bridgehead atoms. The molecule has 1 aliphatic rings. The number of aromatic nitrogens is 2. The molecule has 0 saturated carbocycles. The van der Waals surface area contributed by atoms with Crippen LogP contribution in [-0.2, 0) is 11.2 Å². The van der Waals surface area contributed by atoms with Crippen LogP contribution in [0.4, 0.5) is 5.69 Å². The molecule has 0 aliphatic carbocycles. The van der Waals surface area contributed by atoms with Crippen LogP contribution in [0.5, 0.6) is 17.5 Å². The largest absolute Gasteiger partial charge is 0.480 e. The molecule has 4 rings (SSSR count). The molecule has 0 saturated heterocycles. The molecule has 1 atom stereocenters. The second-order valence-electron chi connectivity index (χ2n) is 5.57. The van der Waals surface area contributed by atoms with E-state index >= 15 is 0 Å². The van der Waals surface area contributed by atoms with Crippen molar-refractivity contribution < 1.29 is 14.3 Å². The predicted octanol–water partition coefficient (Wildman–Crippen LogP) is 3.21. The molecule has 3 aromatic rings. The van der Waals surface area contributed by atoms with Gasteiger partial charge in [0, 0.05) is 30.6 Å². The molecule has 1 N–H and O–H groups in total. The summed E-state index contributed by atoms with van der Waals surface area (Å²) in [5, 5.41) is 2.86. The molecular weight excluding hydrogens is 318 g/mol. The standard InChI is InChI=1S/C19H15N3O3/c23-18(17-11-13-5-1-2-8-16(13)25-17)22-14-6-3-7-15(12-14)24-19-20-9-4-10-21-19/h1-10,12,17H,11H2,(H,22,23)/t17-/m1/s1. The highest BCUT2D eigenvalue weighted by atomic mass is 16.5. The van der Waals surface area contributed by atoms with Gasteiger partial charge in [0.25, 0.3) is 5.91 Å². The highest BCUT2D eigenvalue weighted by Crippen LogP contribution is 2.29.